The van der Waals surface area contributed by atoms with E-state index in [0.717, 1.165) is 42.5 Å². The van der Waals surface area contributed by atoms with Gasteiger partial charge in [0.2, 0.25) is 0 Å². The molecule has 0 aromatic carbocycles. The van der Waals surface area contributed by atoms with Crippen LogP contribution in [0.15, 0.2) is 6.20 Å². The molecule has 0 aliphatic heterocycles. The third-order valence-corrected chi connectivity index (χ3v) is 3.97. The lowest BCUT2D eigenvalue weighted by atomic mass is 9.93. The second kappa shape index (κ2) is 5.23. The Morgan fingerprint density at radius 3 is 3.00 bits per heavy atom. The number of nitrogens with zero attached hydrogens (tertiary/aromatic N) is 3. The van der Waals surface area contributed by atoms with Crippen LogP contribution in [-0.2, 0) is 13.0 Å². The summed E-state index contributed by atoms with van der Waals surface area (Å²) in [5.41, 5.74) is 9.06. The van der Waals surface area contributed by atoms with Gasteiger partial charge in [0.25, 0.3) is 0 Å². The van der Waals surface area contributed by atoms with Crippen LogP contribution in [0.1, 0.15) is 55.1 Å². The van der Waals surface area contributed by atoms with Crippen LogP contribution in [0.5, 0.6) is 0 Å². The average molecular weight is 272 g/mol. The van der Waals surface area contributed by atoms with Crippen LogP contribution in [-0.4, -0.2) is 20.5 Å². The van der Waals surface area contributed by atoms with Gasteiger partial charge in [-0.2, -0.15) is 5.10 Å². The van der Waals surface area contributed by atoms with Crippen LogP contribution in [0.25, 0.3) is 11.0 Å². The molecule has 0 unspecified atom stereocenters. The van der Waals surface area contributed by atoms with Gasteiger partial charge in [0.15, 0.2) is 11.4 Å². The zero-order chi connectivity index (χ0) is 14.1. The van der Waals surface area contributed by atoms with E-state index in [1.165, 1.54) is 12.8 Å². The summed E-state index contributed by atoms with van der Waals surface area (Å²) in [6.07, 6.45) is 7.47. The number of anilines is 1. The van der Waals surface area contributed by atoms with E-state index in [0.29, 0.717) is 17.7 Å². The van der Waals surface area contributed by atoms with Gasteiger partial charge in [-0.1, -0.05) is 19.8 Å². The van der Waals surface area contributed by atoms with E-state index in [1.807, 2.05) is 4.68 Å². The molecule has 0 fully saturated rings. The van der Waals surface area contributed by atoms with E-state index in [2.05, 4.69) is 17.0 Å². The molecule has 5 nitrogen and oxygen atoms in total. The zero-order valence-corrected chi connectivity index (χ0v) is 11.9. The number of hydrogen-bond donors (Lipinski definition) is 1. The molecule has 0 saturated carbocycles. The maximum absolute atomic E-state index is 12.0. The number of carbonyl (C=O) groups excluding carboxylic acids is 1. The number of pyridine rings is 1. The second-order valence-corrected chi connectivity index (χ2v) is 5.44. The molecule has 1 aliphatic rings. The number of unbranched alkanes of at least 4 members (excludes halogenated alkanes) is 2. The molecule has 1 aliphatic carbocycles. The lowest BCUT2D eigenvalue weighted by Crippen LogP contribution is -2.16. The van der Waals surface area contributed by atoms with E-state index in [1.54, 1.807) is 6.20 Å². The van der Waals surface area contributed by atoms with Gasteiger partial charge in [-0.15, -0.1) is 0 Å². The highest BCUT2D eigenvalue weighted by atomic mass is 16.1. The number of aryl methyl sites for hydroxylation is 2. The Bertz CT molecular complexity index is 659. The molecule has 0 amide bonds. The van der Waals surface area contributed by atoms with Gasteiger partial charge in [-0.05, 0) is 19.3 Å². The summed E-state index contributed by atoms with van der Waals surface area (Å²) < 4.78 is 1.92. The third kappa shape index (κ3) is 2.07. The summed E-state index contributed by atoms with van der Waals surface area (Å²) in [5.74, 6) is 0.122. The Hall–Kier alpha value is -1.91. The first-order valence-electron chi connectivity index (χ1n) is 7.39. The van der Waals surface area contributed by atoms with Gasteiger partial charge in [0.05, 0.1) is 28.5 Å². The molecule has 0 bridgehead atoms. The van der Waals surface area contributed by atoms with Crippen LogP contribution in [0.3, 0.4) is 0 Å². The Kier molecular flexibility index (Phi) is 3.42. The minimum atomic E-state index is 0.122. The lowest BCUT2D eigenvalue weighted by Gasteiger charge is -2.16. The molecule has 2 aromatic rings. The molecule has 0 atom stereocenters. The predicted octanol–water partition coefficient (Wildman–Crippen LogP) is 2.72. The van der Waals surface area contributed by atoms with Crippen molar-refractivity contribution in [2.24, 2.45) is 0 Å². The summed E-state index contributed by atoms with van der Waals surface area (Å²) in [4.78, 5) is 16.7. The number of Topliss-reactive ketones (excluding diaryl/α,β-unsaturated/α-hetero) is 1. The smallest absolute Gasteiger partial charge is 0.166 e. The topological polar surface area (TPSA) is 73.8 Å². The monoisotopic (exact) mass is 272 g/mol. The highest BCUT2D eigenvalue weighted by molar-refractivity contribution is 6.08. The van der Waals surface area contributed by atoms with Gasteiger partial charge < -0.3 is 5.73 Å². The highest BCUT2D eigenvalue weighted by Crippen LogP contribution is 2.31. The molecule has 0 spiro atoms. The predicted molar refractivity (Wildman–Crippen MR) is 78.7 cm³/mol. The zero-order valence-electron chi connectivity index (χ0n) is 11.9. The summed E-state index contributed by atoms with van der Waals surface area (Å²) in [5, 5.41) is 5.20. The fourth-order valence-corrected chi connectivity index (χ4v) is 2.87. The highest BCUT2D eigenvalue weighted by Gasteiger charge is 2.24. The van der Waals surface area contributed by atoms with Gasteiger partial charge in [-0.3, -0.25) is 4.79 Å². The van der Waals surface area contributed by atoms with Crippen molar-refractivity contribution in [1.29, 1.82) is 0 Å². The summed E-state index contributed by atoms with van der Waals surface area (Å²) in [6.45, 7) is 3.04. The number of rotatable bonds is 4. The molecule has 20 heavy (non-hydrogen) atoms. The van der Waals surface area contributed by atoms with E-state index in [9.17, 15) is 4.79 Å². The average Bonchev–Trinajstić information content (AvgIpc) is 2.83. The summed E-state index contributed by atoms with van der Waals surface area (Å²) in [7, 11) is 0. The number of aromatic nitrogens is 3. The number of hydrogen-bond acceptors (Lipinski definition) is 4. The van der Waals surface area contributed by atoms with Crippen molar-refractivity contribution in [3.8, 4) is 0 Å². The molecule has 5 heteroatoms. The third-order valence-electron chi connectivity index (χ3n) is 3.97. The largest absolute Gasteiger partial charge is 0.397 e. The lowest BCUT2D eigenvalue weighted by molar-refractivity contribution is 0.0972. The molecule has 2 aromatic heterocycles. The second-order valence-electron chi connectivity index (χ2n) is 5.44. The Morgan fingerprint density at radius 1 is 1.35 bits per heavy atom. The first kappa shape index (κ1) is 13.1. The van der Waals surface area contributed by atoms with Crippen molar-refractivity contribution in [3.05, 3.63) is 17.5 Å². The van der Waals surface area contributed by atoms with Crippen molar-refractivity contribution in [2.75, 3.05) is 5.73 Å². The molecular weight excluding hydrogens is 252 g/mol. The standard InChI is InChI=1S/C15H20N4O/c1-2-3-4-8-19-15-10(9-17-19)14(16)13-11(18-15)6-5-7-12(13)20/h9H,2-8H2,1H3,(H2,16,18). The fraction of sp³-hybridized carbons (Fsp3) is 0.533. The Labute approximate surface area is 118 Å². The van der Waals surface area contributed by atoms with Crippen molar-refractivity contribution < 1.29 is 4.79 Å². The van der Waals surface area contributed by atoms with E-state index >= 15 is 0 Å². The van der Waals surface area contributed by atoms with Gasteiger partial charge in [-0.25, -0.2) is 9.67 Å². The molecule has 2 N–H and O–H groups in total. The minimum Gasteiger partial charge on any atom is -0.397 e. The minimum absolute atomic E-state index is 0.122. The molecule has 0 saturated heterocycles. The molecule has 3 rings (SSSR count). The fourth-order valence-electron chi connectivity index (χ4n) is 2.87. The van der Waals surface area contributed by atoms with Crippen molar-refractivity contribution in [3.63, 3.8) is 0 Å². The van der Waals surface area contributed by atoms with Gasteiger partial charge >= 0.3 is 0 Å². The van der Waals surface area contributed by atoms with E-state index in [-0.39, 0.29) is 5.78 Å². The van der Waals surface area contributed by atoms with E-state index < -0.39 is 0 Å². The molecule has 0 radical (unpaired) electrons. The maximum Gasteiger partial charge on any atom is 0.166 e. The van der Waals surface area contributed by atoms with Crippen LogP contribution in [0.4, 0.5) is 5.69 Å². The van der Waals surface area contributed by atoms with Crippen LogP contribution in [0.2, 0.25) is 0 Å². The number of carbonyl (C=O) groups is 1. The van der Waals surface area contributed by atoms with Crippen molar-refractivity contribution in [2.45, 2.75) is 52.0 Å². The number of nitrogen functional groups attached to an aromatic ring is 1. The summed E-state index contributed by atoms with van der Waals surface area (Å²) in [6, 6.07) is 0. The van der Waals surface area contributed by atoms with E-state index in [4.69, 9.17) is 5.73 Å². The van der Waals surface area contributed by atoms with Gasteiger partial charge in [0.1, 0.15) is 0 Å². The normalized spacial score (nSPS) is 14.8. The first-order valence-corrected chi connectivity index (χ1v) is 7.39. The first-order chi connectivity index (χ1) is 9.72. The van der Waals surface area contributed by atoms with Crippen LogP contribution in [0, 0.1) is 0 Å². The Balaban J connectivity index is 2.06. The number of nitrogens with two attached hydrogens (primary N) is 1. The number of ketones is 1. The summed E-state index contributed by atoms with van der Waals surface area (Å²) >= 11 is 0. The van der Waals surface area contributed by atoms with Crippen LogP contribution >= 0.6 is 0 Å². The molecule has 2 heterocycles. The SMILES string of the molecule is CCCCCn1ncc2c(N)c3c(nc21)CCCC3=O. The Morgan fingerprint density at radius 2 is 2.20 bits per heavy atom. The van der Waals surface area contributed by atoms with Crippen molar-refractivity contribution >= 4 is 22.5 Å². The van der Waals surface area contributed by atoms with Crippen LogP contribution < -0.4 is 5.73 Å². The number of fused-ring (bicyclic) bond motifs is 2. The maximum atomic E-state index is 12.0. The van der Waals surface area contributed by atoms with Crippen molar-refractivity contribution in [1.82, 2.24) is 14.8 Å². The van der Waals surface area contributed by atoms with Gasteiger partial charge in [0, 0.05) is 13.0 Å². The molecular formula is C15H20N4O. The quantitative estimate of drug-likeness (QED) is 0.868. The molecule has 106 valence electrons.